The third kappa shape index (κ3) is 3.13. The van der Waals surface area contributed by atoms with Crippen molar-refractivity contribution in [3.05, 3.63) is 42.7 Å². The van der Waals surface area contributed by atoms with Crippen molar-refractivity contribution in [1.29, 1.82) is 0 Å². The number of benzene rings is 1. The van der Waals surface area contributed by atoms with Gasteiger partial charge in [-0.25, -0.2) is 4.68 Å². The molecule has 1 saturated heterocycles. The zero-order valence-electron chi connectivity index (χ0n) is 10.7. The van der Waals surface area contributed by atoms with Crippen LogP contribution in [-0.4, -0.2) is 42.2 Å². The second-order valence-electron chi connectivity index (χ2n) is 4.45. The minimum absolute atomic E-state index is 0.138. The zero-order chi connectivity index (χ0) is 12.9. The highest BCUT2D eigenvalue weighted by atomic mass is 16.5. The molecule has 1 fully saturated rings. The number of ether oxygens (including phenoxy) is 2. The SMILES string of the molecule is c1cnn(-c2ccc(OCC3CNCCO3)cc2)c1. The molecule has 1 aromatic carbocycles. The van der Waals surface area contributed by atoms with Gasteiger partial charge in [-0.2, -0.15) is 5.10 Å². The summed E-state index contributed by atoms with van der Waals surface area (Å²) in [7, 11) is 0. The molecule has 3 rings (SSSR count). The first-order valence-electron chi connectivity index (χ1n) is 6.47. The normalized spacial score (nSPS) is 19.3. The van der Waals surface area contributed by atoms with E-state index in [-0.39, 0.29) is 6.10 Å². The van der Waals surface area contributed by atoms with E-state index in [1.165, 1.54) is 0 Å². The van der Waals surface area contributed by atoms with E-state index in [9.17, 15) is 0 Å². The average Bonchev–Trinajstić information content (AvgIpc) is 3.01. The zero-order valence-corrected chi connectivity index (χ0v) is 10.7. The molecule has 0 radical (unpaired) electrons. The van der Waals surface area contributed by atoms with Crippen LogP contribution in [0.5, 0.6) is 5.75 Å². The van der Waals surface area contributed by atoms with Gasteiger partial charge in [0.05, 0.1) is 12.3 Å². The number of nitrogens with one attached hydrogen (secondary N) is 1. The first kappa shape index (κ1) is 12.2. The summed E-state index contributed by atoms with van der Waals surface area (Å²) < 4.78 is 13.1. The van der Waals surface area contributed by atoms with Crippen LogP contribution < -0.4 is 10.1 Å². The molecule has 1 aromatic heterocycles. The molecule has 1 aliphatic rings. The second-order valence-corrected chi connectivity index (χ2v) is 4.45. The number of hydrogen-bond acceptors (Lipinski definition) is 4. The van der Waals surface area contributed by atoms with Crippen molar-refractivity contribution < 1.29 is 9.47 Å². The van der Waals surface area contributed by atoms with Crippen LogP contribution in [0.1, 0.15) is 0 Å². The molecule has 1 unspecified atom stereocenters. The molecule has 0 bridgehead atoms. The molecule has 2 aromatic rings. The Bertz CT molecular complexity index is 490. The van der Waals surface area contributed by atoms with Crippen LogP contribution in [0.4, 0.5) is 0 Å². The fraction of sp³-hybridized carbons (Fsp3) is 0.357. The summed E-state index contributed by atoms with van der Waals surface area (Å²) >= 11 is 0. The van der Waals surface area contributed by atoms with Crippen LogP contribution >= 0.6 is 0 Å². The van der Waals surface area contributed by atoms with Gasteiger partial charge in [0.25, 0.3) is 0 Å². The van der Waals surface area contributed by atoms with Crippen molar-refractivity contribution in [2.24, 2.45) is 0 Å². The molecule has 100 valence electrons. The van der Waals surface area contributed by atoms with E-state index >= 15 is 0 Å². The summed E-state index contributed by atoms with van der Waals surface area (Å²) in [5, 5.41) is 7.47. The van der Waals surface area contributed by atoms with Crippen LogP contribution in [0.2, 0.25) is 0 Å². The maximum atomic E-state index is 5.72. The number of morpholine rings is 1. The van der Waals surface area contributed by atoms with Crippen molar-refractivity contribution in [1.82, 2.24) is 15.1 Å². The van der Waals surface area contributed by atoms with Gasteiger partial charge in [-0.15, -0.1) is 0 Å². The van der Waals surface area contributed by atoms with Crippen LogP contribution in [0.15, 0.2) is 42.7 Å². The van der Waals surface area contributed by atoms with E-state index in [0.29, 0.717) is 6.61 Å². The second kappa shape index (κ2) is 5.86. The van der Waals surface area contributed by atoms with E-state index in [4.69, 9.17) is 9.47 Å². The minimum Gasteiger partial charge on any atom is -0.491 e. The lowest BCUT2D eigenvalue weighted by Gasteiger charge is -2.23. The first-order chi connectivity index (χ1) is 9.42. The van der Waals surface area contributed by atoms with Crippen molar-refractivity contribution in [3.8, 4) is 11.4 Å². The Labute approximate surface area is 112 Å². The quantitative estimate of drug-likeness (QED) is 0.897. The highest BCUT2D eigenvalue weighted by Crippen LogP contribution is 2.15. The van der Waals surface area contributed by atoms with E-state index in [1.807, 2.05) is 41.2 Å². The van der Waals surface area contributed by atoms with Gasteiger partial charge in [0.15, 0.2) is 0 Å². The van der Waals surface area contributed by atoms with Crippen molar-refractivity contribution in [2.75, 3.05) is 26.3 Å². The van der Waals surface area contributed by atoms with Crippen molar-refractivity contribution in [3.63, 3.8) is 0 Å². The van der Waals surface area contributed by atoms with Gasteiger partial charge in [0.1, 0.15) is 18.5 Å². The summed E-state index contributed by atoms with van der Waals surface area (Å²) in [6.45, 7) is 3.11. The number of hydrogen-bond donors (Lipinski definition) is 1. The van der Waals surface area contributed by atoms with Gasteiger partial charge in [-0.3, -0.25) is 0 Å². The Morgan fingerprint density at radius 2 is 2.26 bits per heavy atom. The molecule has 5 nitrogen and oxygen atoms in total. The Morgan fingerprint density at radius 1 is 1.37 bits per heavy atom. The van der Waals surface area contributed by atoms with E-state index in [2.05, 4.69) is 10.4 Å². The molecule has 0 amide bonds. The molecule has 1 N–H and O–H groups in total. The van der Waals surface area contributed by atoms with Gasteiger partial charge in [0, 0.05) is 25.5 Å². The van der Waals surface area contributed by atoms with Gasteiger partial charge in [0.2, 0.25) is 0 Å². The lowest BCUT2D eigenvalue weighted by atomic mass is 10.3. The van der Waals surface area contributed by atoms with Crippen LogP contribution in [0.25, 0.3) is 5.69 Å². The maximum Gasteiger partial charge on any atom is 0.119 e. The van der Waals surface area contributed by atoms with E-state index in [0.717, 1.165) is 31.1 Å². The summed E-state index contributed by atoms with van der Waals surface area (Å²) in [4.78, 5) is 0. The van der Waals surface area contributed by atoms with Gasteiger partial charge in [-0.1, -0.05) is 0 Å². The van der Waals surface area contributed by atoms with Crippen LogP contribution in [0.3, 0.4) is 0 Å². The van der Waals surface area contributed by atoms with Gasteiger partial charge < -0.3 is 14.8 Å². The van der Waals surface area contributed by atoms with Gasteiger partial charge in [-0.05, 0) is 30.3 Å². The lowest BCUT2D eigenvalue weighted by Crippen LogP contribution is -2.41. The molecule has 2 heterocycles. The monoisotopic (exact) mass is 259 g/mol. The molecule has 5 heteroatoms. The summed E-state index contributed by atoms with van der Waals surface area (Å²) in [5.41, 5.74) is 1.02. The molecule has 0 aliphatic carbocycles. The van der Waals surface area contributed by atoms with E-state index < -0.39 is 0 Å². The molecule has 1 aliphatic heterocycles. The highest BCUT2D eigenvalue weighted by Gasteiger charge is 2.13. The standard InChI is InChI=1S/C14H17N3O2/c1-6-16-17(8-1)12-2-4-13(5-3-12)19-11-14-10-15-7-9-18-14/h1-6,8,14-15H,7,9-11H2. The van der Waals surface area contributed by atoms with Crippen molar-refractivity contribution in [2.45, 2.75) is 6.10 Å². The third-order valence-electron chi connectivity index (χ3n) is 3.05. The fourth-order valence-corrected chi connectivity index (χ4v) is 2.03. The minimum atomic E-state index is 0.138. The predicted molar refractivity (Wildman–Crippen MR) is 71.7 cm³/mol. The molecular weight excluding hydrogens is 242 g/mol. The molecule has 1 atom stereocenters. The molecule has 0 saturated carbocycles. The Hall–Kier alpha value is -1.85. The number of aromatic nitrogens is 2. The topological polar surface area (TPSA) is 48.3 Å². The Kier molecular flexibility index (Phi) is 3.76. The van der Waals surface area contributed by atoms with Crippen LogP contribution in [-0.2, 0) is 4.74 Å². The summed E-state index contributed by atoms with van der Waals surface area (Å²) in [5.74, 6) is 0.852. The predicted octanol–water partition coefficient (Wildman–Crippen LogP) is 1.24. The smallest absolute Gasteiger partial charge is 0.119 e. The third-order valence-corrected chi connectivity index (χ3v) is 3.05. The van der Waals surface area contributed by atoms with Gasteiger partial charge >= 0.3 is 0 Å². The summed E-state index contributed by atoms with van der Waals surface area (Å²) in [6.07, 6.45) is 3.81. The molecular formula is C14H17N3O2. The largest absolute Gasteiger partial charge is 0.491 e. The van der Waals surface area contributed by atoms with Crippen molar-refractivity contribution >= 4 is 0 Å². The lowest BCUT2D eigenvalue weighted by molar-refractivity contribution is 0.000196. The van der Waals surface area contributed by atoms with Crippen LogP contribution in [0, 0.1) is 0 Å². The average molecular weight is 259 g/mol. The summed E-state index contributed by atoms with van der Waals surface area (Å²) in [6, 6.07) is 9.78. The highest BCUT2D eigenvalue weighted by molar-refractivity contribution is 5.36. The first-order valence-corrected chi connectivity index (χ1v) is 6.47. The fourth-order valence-electron chi connectivity index (χ4n) is 2.03. The maximum absolute atomic E-state index is 5.72. The Morgan fingerprint density at radius 3 is 2.95 bits per heavy atom. The Balaban J connectivity index is 1.57. The molecule has 0 spiro atoms. The number of rotatable bonds is 4. The molecule has 19 heavy (non-hydrogen) atoms. The van der Waals surface area contributed by atoms with E-state index in [1.54, 1.807) is 6.20 Å². The number of nitrogens with zero attached hydrogens (tertiary/aromatic N) is 2.